The van der Waals surface area contributed by atoms with Crippen LogP contribution >= 0.6 is 11.3 Å². The molecule has 0 saturated carbocycles. The number of hydrogen-bond donors (Lipinski definition) is 0. The molecule has 1 amide bonds. The molecule has 0 bridgehead atoms. The van der Waals surface area contributed by atoms with Crippen LogP contribution in [0.25, 0.3) is 0 Å². The van der Waals surface area contributed by atoms with E-state index in [-0.39, 0.29) is 23.5 Å². The van der Waals surface area contributed by atoms with Gasteiger partial charge in [0.2, 0.25) is 0 Å². The van der Waals surface area contributed by atoms with E-state index >= 15 is 0 Å². The molecule has 0 spiro atoms. The lowest BCUT2D eigenvalue weighted by Gasteiger charge is -2.28. The lowest BCUT2D eigenvalue weighted by Crippen LogP contribution is -2.40. The molecular formula is C18H21NO4S2. The Morgan fingerprint density at radius 1 is 1.28 bits per heavy atom. The average Bonchev–Trinajstić information content (AvgIpc) is 3.22. The molecule has 2 aromatic rings. The second kappa shape index (κ2) is 7.58. The SMILES string of the molecule is CCOc1ccc(C(=O)N(Cc2cccs2)[C@H]2CCS(=O)(=O)C2)cc1. The van der Waals surface area contributed by atoms with Gasteiger partial charge in [0, 0.05) is 16.5 Å². The van der Waals surface area contributed by atoms with Crippen LogP contribution in [0, 0.1) is 0 Å². The second-order valence-corrected chi connectivity index (χ2v) is 9.29. The maximum absolute atomic E-state index is 13.0. The minimum absolute atomic E-state index is 0.0428. The van der Waals surface area contributed by atoms with Gasteiger partial charge in [-0.3, -0.25) is 4.79 Å². The van der Waals surface area contributed by atoms with Gasteiger partial charge in [0.15, 0.2) is 9.84 Å². The van der Waals surface area contributed by atoms with Crippen molar-refractivity contribution in [3.8, 4) is 5.75 Å². The van der Waals surface area contributed by atoms with Crippen LogP contribution in [0.2, 0.25) is 0 Å². The second-order valence-electron chi connectivity index (χ2n) is 6.03. The topological polar surface area (TPSA) is 63.7 Å². The number of nitrogens with zero attached hydrogens (tertiary/aromatic N) is 1. The van der Waals surface area contributed by atoms with Crippen molar-refractivity contribution in [2.24, 2.45) is 0 Å². The van der Waals surface area contributed by atoms with E-state index in [0.717, 1.165) is 4.88 Å². The number of sulfone groups is 1. The minimum Gasteiger partial charge on any atom is -0.494 e. The molecule has 134 valence electrons. The molecule has 0 unspecified atom stereocenters. The van der Waals surface area contributed by atoms with Crippen LogP contribution in [0.5, 0.6) is 5.75 Å². The summed E-state index contributed by atoms with van der Waals surface area (Å²) in [5.74, 6) is 0.766. The summed E-state index contributed by atoms with van der Waals surface area (Å²) in [7, 11) is -3.06. The van der Waals surface area contributed by atoms with Crippen LogP contribution in [0.3, 0.4) is 0 Å². The van der Waals surface area contributed by atoms with Gasteiger partial charge in [-0.25, -0.2) is 8.42 Å². The van der Waals surface area contributed by atoms with Gasteiger partial charge in [-0.05, 0) is 49.1 Å². The molecule has 5 nitrogen and oxygen atoms in total. The molecule has 0 aliphatic carbocycles. The Balaban J connectivity index is 1.83. The third-order valence-corrected chi connectivity index (χ3v) is 6.84. The fourth-order valence-corrected chi connectivity index (χ4v) is 5.42. The number of amides is 1. The van der Waals surface area contributed by atoms with Crippen LogP contribution in [0.1, 0.15) is 28.6 Å². The van der Waals surface area contributed by atoms with Gasteiger partial charge in [0.1, 0.15) is 5.75 Å². The number of ether oxygens (including phenoxy) is 1. The molecule has 3 rings (SSSR count). The summed E-state index contributed by atoms with van der Waals surface area (Å²) in [6.45, 7) is 2.91. The summed E-state index contributed by atoms with van der Waals surface area (Å²) >= 11 is 1.57. The maximum atomic E-state index is 13.0. The van der Waals surface area contributed by atoms with Crippen molar-refractivity contribution in [3.63, 3.8) is 0 Å². The number of benzene rings is 1. The number of rotatable bonds is 6. The minimum atomic E-state index is -3.06. The smallest absolute Gasteiger partial charge is 0.254 e. The van der Waals surface area contributed by atoms with Crippen molar-refractivity contribution in [3.05, 3.63) is 52.2 Å². The molecule has 0 radical (unpaired) electrons. The van der Waals surface area contributed by atoms with Crippen LogP contribution in [-0.2, 0) is 16.4 Å². The number of hydrogen-bond acceptors (Lipinski definition) is 5. The van der Waals surface area contributed by atoms with E-state index in [1.165, 1.54) is 0 Å². The van der Waals surface area contributed by atoms with Gasteiger partial charge in [0.25, 0.3) is 5.91 Å². The summed E-state index contributed by atoms with van der Waals surface area (Å²) in [4.78, 5) is 15.8. The summed E-state index contributed by atoms with van der Waals surface area (Å²) in [6.07, 6.45) is 0.497. The largest absolute Gasteiger partial charge is 0.494 e. The first-order valence-electron chi connectivity index (χ1n) is 8.25. The van der Waals surface area contributed by atoms with Gasteiger partial charge < -0.3 is 9.64 Å². The Morgan fingerprint density at radius 2 is 2.04 bits per heavy atom. The summed E-state index contributed by atoms with van der Waals surface area (Å²) in [6, 6.07) is 10.6. The summed E-state index contributed by atoms with van der Waals surface area (Å²) in [5, 5.41) is 1.96. The highest BCUT2D eigenvalue weighted by Crippen LogP contribution is 2.24. The van der Waals surface area contributed by atoms with Gasteiger partial charge in [-0.2, -0.15) is 0 Å². The lowest BCUT2D eigenvalue weighted by molar-refractivity contribution is 0.0683. The monoisotopic (exact) mass is 379 g/mol. The molecule has 25 heavy (non-hydrogen) atoms. The Morgan fingerprint density at radius 3 is 2.60 bits per heavy atom. The van der Waals surface area contributed by atoms with Gasteiger partial charge in [0.05, 0.1) is 24.7 Å². The van der Waals surface area contributed by atoms with Crippen LogP contribution < -0.4 is 4.74 Å². The number of thiophene rings is 1. The van der Waals surface area contributed by atoms with E-state index in [0.29, 0.717) is 30.9 Å². The van der Waals surface area contributed by atoms with Crippen molar-refractivity contribution in [1.82, 2.24) is 4.90 Å². The Hall–Kier alpha value is -1.86. The standard InChI is InChI=1S/C18H21NO4S2/c1-2-23-16-7-5-14(6-8-16)18(20)19(12-17-4-3-10-24-17)15-9-11-25(21,22)13-15/h3-8,10,15H,2,9,11-13H2,1H3/t15-/m0/s1. The van der Waals surface area contributed by atoms with Gasteiger partial charge >= 0.3 is 0 Å². The van der Waals surface area contributed by atoms with Crippen molar-refractivity contribution >= 4 is 27.1 Å². The third-order valence-electron chi connectivity index (χ3n) is 4.23. The Labute approximate surface area is 152 Å². The summed E-state index contributed by atoms with van der Waals surface area (Å²) < 4.78 is 29.2. The zero-order chi connectivity index (χ0) is 17.9. The molecule has 1 aliphatic rings. The zero-order valence-corrected chi connectivity index (χ0v) is 15.7. The predicted octanol–water partition coefficient (Wildman–Crippen LogP) is 2.98. The van der Waals surface area contributed by atoms with E-state index in [1.54, 1.807) is 40.5 Å². The van der Waals surface area contributed by atoms with Crippen molar-refractivity contribution in [2.75, 3.05) is 18.1 Å². The van der Waals surface area contributed by atoms with Crippen LogP contribution in [0.4, 0.5) is 0 Å². The molecule has 1 saturated heterocycles. The van der Waals surface area contributed by atoms with E-state index in [2.05, 4.69) is 0 Å². The van der Waals surface area contributed by atoms with Crippen LogP contribution in [0.15, 0.2) is 41.8 Å². The van der Waals surface area contributed by atoms with Crippen LogP contribution in [-0.4, -0.2) is 43.4 Å². The molecule has 1 aromatic carbocycles. The highest BCUT2D eigenvalue weighted by atomic mass is 32.2. The van der Waals surface area contributed by atoms with E-state index in [1.807, 2.05) is 24.4 Å². The Bertz CT molecular complexity index is 813. The molecule has 2 heterocycles. The normalized spacial score (nSPS) is 18.8. The molecular weight excluding hydrogens is 358 g/mol. The fraction of sp³-hybridized carbons (Fsp3) is 0.389. The zero-order valence-electron chi connectivity index (χ0n) is 14.1. The summed E-state index contributed by atoms with van der Waals surface area (Å²) in [5.41, 5.74) is 0.546. The van der Waals surface area contributed by atoms with Crippen molar-refractivity contribution in [2.45, 2.75) is 25.9 Å². The maximum Gasteiger partial charge on any atom is 0.254 e. The average molecular weight is 380 g/mol. The van der Waals surface area contributed by atoms with E-state index in [9.17, 15) is 13.2 Å². The fourth-order valence-electron chi connectivity index (χ4n) is 2.98. The molecule has 7 heteroatoms. The van der Waals surface area contributed by atoms with Crippen molar-refractivity contribution in [1.29, 1.82) is 0 Å². The Kier molecular flexibility index (Phi) is 5.44. The first-order valence-corrected chi connectivity index (χ1v) is 11.0. The quantitative estimate of drug-likeness (QED) is 0.774. The molecule has 1 aliphatic heterocycles. The molecule has 0 N–H and O–H groups in total. The lowest BCUT2D eigenvalue weighted by atomic mass is 10.1. The molecule has 1 aromatic heterocycles. The van der Waals surface area contributed by atoms with E-state index in [4.69, 9.17) is 4.74 Å². The van der Waals surface area contributed by atoms with Crippen molar-refractivity contribution < 1.29 is 17.9 Å². The van der Waals surface area contributed by atoms with E-state index < -0.39 is 9.84 Å². The predicted molar refractivity (Wildman–Crippen MR) is 98.9 cm³/mol. The molecule has 1 fully saturated rings. The van der Waals surface area contributed by atoms with Gasteiger partial charge in [-0.1, -0.05) is 6.07 Å². The first-order chi connectivity index (χ1) is 12.0. The molecule has 1 atom stereocenters. The highest BCUT2D eigenvalue weighted by molar-refractivity contribution is 7.91. The number of carbonyl (C=O) groups is 1. The number of carbonyl (C=O) groups excluding carboxylic acids is 1. The first kappa shape index (κ1) is 17.9. The highest BCUT2D eigenvalue weighted by Gasteiger charge is 2.35. The third kappa shape index (κ3) is 4.41. The van der Waals surface area contributed by atoms with Gasteiger partial charge in [-0.15, -0.1) is 11.3 Å².